The van der Waals surface area contributed by atoms with Crippen molar-refractivity contribution in [3.8, 4) is 11.3 Å². The van der Waals surface area contributed by atoms with Gasteiger partial charge in [0.1, 0.15) is 6.04 Å². The van der Waals surface area contributed by atoms with E-state index in [2.05, 4.69) is 10.4 Å². The van der Waals surface area contributed by atoms with Gasteiger partial charge in [0.2, 0.25) is 5.91 Å². The van der Waals surface area contributed by atoms with Gasteiger partial charge in [-0.15, -0.1) is 0 Å². The summed E-state index contributed by atoms with van der Waals surface area (Å²) in [4.78, 5) is 24.8. The topological polar surface area (TPSA) is 64.0 Å². The normalized spacial score (nSPS) is 11.9. The molecule has 0 aliphatic carbocycles. The van der Waals surface area contributed by atoms with E-state index in [0.717, 1.165) is 11.1 Å². The van der Waals surface area contributed by atoms with Crippen LogP contribution in [-0.2, 0) is 4.79 Å². The van der Waals surface area contributed by atoms with Crippen molar-refractivity contribution in [1.29, 1.82) is 0 Å². The third-order valence-corrected chi connectivity index (χ3v) is 4.84. The molecular weight excluding hydrogens is 385 g/mol. The van der Waals surface area contributed by atoms with Crippen LogP contribution in [0.1, 0.15) is 18.5 Å². The molecule has 3 aromatic rings. The number of benzene rings is 2. The number of carbonyl (C=O) groups is 1. The number of aryl methyl sites for hydroxylation is 1. The maximum absolute atomic E-state index is 12.6. The number of nitrogens with zero attached hydrogens (tertiary/aromatic N) is 2. The molecule has 1 N–H and O–H groups in total. The van der Waals surface area contributed by atoms with Gasteiger partial charge in [-0.25, -0.2) is 4.68 Å². The number of hydrogen-bond donors (Lipinski definition) is 1. The van der Waals surface area contributed by atoms with Crippen LogP contribution in [0.5, 0.6) is 0 Å². The summed E-state index contributed by atoms with van der Waals surface area (Å²) in [6.45, 7) is 3.60. The maximum atomic E-state index is 12.6. The Balaban J connectivity index is 1.86. The number of rotatable bonds is 4. The Labute approximate surface area is 166 Å². The lowest BCUT2D eigenvalue weighted by Crippen LogP contribution is -2.33. The highest BCUT2D eigenvalue weighted by molar-refractivity contribution is 6.42. The van der Waals surface area contributed by atoms with Crippen LogP contribution in [0.3, 0.4) is 0 Å². The quantitative estimate of drug-likeness (QED) is 0.687. The molecule has 0 saturated heterocycles. The highest BCUT2D eigenvalue weighted by Gasteiger charge is 2.18. The molecule has 0 bridgehead atoms. The van der Waals surface area contributed by atoms with Gasteiger partial charge in [-0.3, -0.25) is 9.59 Å². The van der Waals surface area contributed by atoms with Crippen molar-refractivity contribution in [1.82, 2.24) is 9.78 Å². The minimum absolute atomic E-state index is 0.332. The number of nitrogens with one attached hydrogen (secondary N) is 1. The van der Waals surface area contributed by atoms with Crippen LogP contribution >= 0.6 is 23.2 Å². The van der Waals surface area contributed by atoms with E-state index in [1.54, 1.807) is 31.2 Å². The summed E-state index contributed by atoms with van der Waals surface area (Å²) < 4.78 is 1.17. The molecule has 0 fully saturated rings. The van der Waals surface area contributed by atoms with E-state index in [-0.39, 0.29) is 11.5 Å². The molecule has 0 aliphatic heterocycles. The SMILES string of the molecule is Cc1ccc(-c2ccc(=O)n(C(C)C(=O)Nc3ccc(Cl)c(Cl)c3)n2)cc1. The second kappa shape index (κ2) is 7.94. The van der Waals surface area contributed by atoms with E-state index < -0.39 is 6.04 Å². The summed E-state index contributed by atoms with van der Waals surface area (Å²) >= 11 is 11.8. The second-order valence-electron chi connectivity index (χ2n) is 6.16. The third-order valence-electron chi connectivity index (χ3n) is 4.11. The Hall–Kier alpha value is -2.63. The molecule has 0 radical (unpaired) electrons. The zero-order chi connectivity index (χ0) is 19.6. The summed E-state index contributed by atoms with van der Waals surface area (Å²) in [5.41, 5.74) is 2.74. The summed E-state index contributed by atoms with van der Waals surface area (Å²) in [5.74, 6) is -0.385. The molecule has 0 saturated carbocycles. The van der Waals surface area contributed by atoms with Gasteiger partial charge in [0.25, 0.3) is 5.56 Å². The minimum Gasteiger partial charge on any atom is -0.324 e. The van der Waals surface area contributed by atoms with Crippen molar-refractivity contribution in [2.45, 2.75) is 19.9 Å². The van der Waals surface area contributed by atoms with E-state index in [9.17, 15) is 9.59 Å². The predicted molar refractivity (Wildman–Crippen MR) is 108 cm³/mol. The first kappa shape index (κ1) is 19.1. The summed E-state index contributed by atoms with van der Waals surface area (Å²) in [7, 11) is 0. The fourth-order valence-electron chi connectivity index (χ4n) is 2.51. The van der Waals surface area contributed by atoms with Crippen molar-refractivity contribution < 1.29 is 4.79 Å². The molecule has 27 heavy (non-hydrogen) atoms. The van der Waals surface area contributed by atoms with Crippen molar-refractivity contribution in [3.05, 3.63) is 80.6 Å². The number of aromatic nitrogens is 2. The molecule has 0 aliphatic rings. The zero-order valence-corrected chi connectivity index (χ0v) is 16.3. The number of hydrogen-bond acceptors (Lipinski definition) is 3. The average Bonchev–Trinajstić information content (AvgIpc) is 2.65. The summed E-state index contributed by atoms with van der Waals surface area (Å²) in [6.07, 6.45) is 0. The molecule has 3 rings (SSSR count). The van der Waals surface area contributed by atoms with E-state index in [1.807, 2.05) is 31.2 Å². The van der Waals surface area contributed by atoms with Gasteiger partial charge < -0.3 is 5.32 Å². The first-order valence-electron chi connectivity index (χ1n) is 8.28. The van der Waals surface area contributed by atoms with Gasteiger partial charge in [0.05, 0.1) is 15.7 Å². The van der Waals surface area contributed by atoms with Crippen LogP contribution < -0.4 is 10.9 Å². The predicted octanol–water partition coefficient (Wildman–Crippen LogP) is 4.73. The second-order valence-corrected chi connectivity index (χ2v) is 6.98. The number of anilines is 1. The van der Waals surface area contributed by atoms with Crippen LogP contribution in [0.4, 0.5) is 5.69 Å². The largest absolute Gasteiger partial charge is 0.324 e. The minimum atomic E-state index is -0.808. The number of halogens is 2. The molecule has 5 nitrogen and oxygen atoms in total. The van der Waals surface area contributed by atoms with Crippen LogP contribution in [0.15, 0.2) is 59.4 Å². The molecule has 7 heteroatoms. The first-order valence-corrected chi connectivity index (χ1v) is 9.03. The smallest absolute Gasteiger partial charge is 0.267 e. The van der Waals surface area contributed by atoms with Gasteiger partial charge in [0.15, 0.2) is 0 Å². The van der Waals surface area contributed by atoms with Crippen molar-refractivity contribution in [2.24, 2.45) is 0 Å². The molecule has 1 unspecified atom stereocenters. The molecule has 138 valence electrons. The molecular formula is C20H17Cl2N3O2. The molecule has 1 heterocycles. The molecule has 1 atom stereocenters. The van der Waals surface area contributed by atoms with E-state index >= 15 is 0 Å². The van der Waals surface area contributed by atoms with E-state index in [4.69, 9.17) is 23.2 Å². The van der Waals surface area contributed by atoms with Crippen LogP contribution in [-0.4, -0.2) is 15.7 Å². The Morgan fingerprint density at radius 1 is 1.04 bits per heavy atom. The van der Waals surface area contributed by atoms with Gasteiger partial charge in [-0.1, -0.05) is 53.0 Å². The first-order chi connectivity index (χ1) is 12.8. The van der Waals surface area contributed by atoms with Crippen molar-refractivity contribution in [3.63, 3.8) is 0 Å². The van der Waals surface area contributed by atoms with Gasteiger partial charge >= 0.3 is 0 Å². The monoisotopic (exact) mass is 401 g/mol. The fourth-order valence-corrected chi connectivity index (χ4v) is 2.81. The highest BCUT2D eigenvalue weighted by atomic mass is 35.5. The summed E-state index contributed by atoms with van der Waals surface area (Å²) in [5, 5.41) is 7.81. The Kier molecular flexibility index (Phi) is 5.63. The van der Waals surface area contributed by atoms with E-state index in [0.29, 0.717) is 21.4 Å². The molecule has 1 amide bonds. The fraction of sp³-hybridized carbons (Fsp3) is 0.150. The zero-order valence-electron chi connectivity index (χ0n) is 14.7. The van der Waals surface area contributed by atoms with Crippen molar-refractivity contribution >= 4 is 34.8 Å². The van der Waals surface area contributed by atoms with Crippen LogP contribution in [0, 0.1) is 6.92 Å². The number of amides is 1. The van der Waals surface area contributed by atoms with Gasteiger partial charge in [-0.05, 0) is 38.1 Å². The lowest BCUT2D eigenvalue weighted by Gasteiger charge is -2.15. The summed E-state index contributed by atoms with van der Waals surface area (Å²) in [6, 6.07) is 14.8. The standard InChI is InChI=1S/C20H17Cl2N3O2/c1-12-3-5-14(6-4-12)18-9-10-19(26)25(24-18)13(2)20(27)23-15-7-8-16(21)17(22)11-15/h3-11,13H,1-2H3,(H,23,27). The molecule has 1 aromatic heterocycles. The number of carbonyl (C=O) groups excluding carboxylic acids is 1. The van der Waals surface area contributed by atoms with Crippen molar-refractivity contribution in [2.75, 3.05) is 5.32 Å². The van der Waals surface area contributed by atoms with Gasteiger partial charge in [0, 0.05) is 17.3 Å². The maximum Gasteiger partial charge on any atom is 0.267 e. The molecule has 0 spiro atoms. The Morgan fingerprint density at radius 3 is 2.41 bits per heavy atom. The van der Waals surface area contributed by atoms with Crippen LogP contribution in [0.25, 0.3) is 11.3 Å². The van der Waals surface area contributed by atoms with Crippen LogP contribution in [0.2, 0.25) is 10.0 Å². The third kappa shape index (κ3) is 4.38. The van der Waals surface area contributed by atoms with Gasteiger partial charge in [-0.2, -0.15) is 5.10 Å². The lowest BCUT2D eigenvalue weighted by atomic mass is 10.1. The Bertz CT molecular complexity index is 1050. The average molecular weight is 402 g/mol. The highest BCUT2D eigenvalue weighted by Crippen LogP contribution is 2.25. The Morgan fingerprint density at radius 2 is 1.74 bits per heavy atom. The van der Waals surface area contributed by atoms with E-state index in [1.165, 1.54) is 10.7 Å². The molecule has 2 aromatic carbocycles. The lowest BCUT2D eigenvalue weighted by molar-refractivity contribution is -0.119.